The van der Waals surface area contributed by atoms with E-state index in [4.69, 9.17) is 14.2 Å². The average Bonchev–Trinajstić information content (AvgIpc) is 3.11. The summed E-state index contributed by atoms with van der Waals surface area (Å²) in [5.41, 5.74) is 2.47. The van der Waals surface area contributed by atoms with Crippen LogP contribution in [0.25, 0.3) is 0 Å². The number of aryl methyl sites for hydroxylation is 2. The summed E-state index contributed by atoms with van der Waals surface area (Å²) in [6.45, 7) is 5.19. The van der Waals surface area contributed by atoms with Gasteiger partial charge in [0.05, 0.1) is 19.6 Å². The Morgan fingerprint density at radius 3 is 2.66 bits per heavy atom. The molecule has 2 aromatic rings. The first-order valence-corrected chi connectivity index (χ1v) is 11.2. The molecule has 5 nitrogen and oxygen atoms in total. The molecular weight excluding hydrogens is 426 g/mol. The molecule has 0 spiro atoms. The maximum atomic E-state index is 11.9. The van der Waals surface area contributed by atoms with Crippen LogP contribution in [0.1, 0.15) is 37.8 Å². The Kier molecular flexibility index (Phi) is 10.3. The van der Waals surface area contributed by atoms with Crippen molar-refractivity contribution in [3.05, 3.63) is 59.7 Å². The third-order valence-electron chi connectivity index (χ3n) is 5.90. The normalized spacial score (nSPS) is 18.3. The first-order chi connectivity index (χ1) is 15.0. The predicted molar refractivity (Wildman–Crippen MR) is 130 cm³/mol. The number of carbonyl (C=O) groups is 1. The van der Waals surface area contributed by atoms with Crippen LogP contribution in [0.3, 0.4) is 0 Å². The van der Waals surface area contributed by atoms with E-state index in [1.54, 1.807) is 7.11 Å². The van der Waals surface area contributed by atoms with Gasteiger partial charge in [-0.3, -0.25) is 9.69 Å². The molecule has 6 heteroatoms. The summed E-state index contributed by atoms with van der Waals surface area (Å²) in [6.07, 6.45) is 3.62. The van der Waals surface area contributed by atoms with E-state index in [0.29, 0.717) is 12.6 Å². The molecule has 32 heavy (non-hydrogen) atoms. The predicted octanol–water partition coefficient (Wildman–Crippen LogP) is 4.94. The molecule has 0 saturated carbocycles. The fraction of sp³-hybridized carbons (Fsp3) is 0.500. The topological polar surface area (TPSA) is 48.0 Å². The molecule has 0 radical (unpaired) electrons. The monoisotopic (exact) mass is 461 g/mol. The second kappa shape index (κ2) is 12.7. The van der Waals surface area contributed by atoms with Crippen LogP contribution in [-0.2, 0) is 22.4 Å². The third kappa shape index (κ3) is 7.42. The van der Waals surface area contributed by atoms with Crippen LogP contribution < -0.4 is 9.47 Å². The van der Waals surface area contributed by atoms with Gasteiger partial charge in [0, 0.05) is 19.0 Å². The highest BCUT2D eigenvalue weighted by atomic mass is 35.5. The van der Waals surface area contributed by atoms with Crippen molar-refractivity contribution < 1.29 is 19.0 Å². The molecule has 1 saturated heterocycles. The van der Waals surface area contributed by atoms with Gasteiger partial charge in [0.15, 0.2) is 0 Å². The van der Waals surface area contributed by atoms with Crippen LogP contribution in [-0.4, -0.2) is 50.3 Å². The average molecular weight is 462 g/mol. The number of ether oxygens (including phenoxy) is 3. The third-order valence-corrected chi connectivity index (χ3v) is 5.90. The van der Waals surface area contributed by atoms with Crippen molar-refractivity contribution in [3.63, 3.8) is 0 Å². The summed E-state index contributed by atoms with van der Waals surface area (Å²) in [5, 5.41) is 0. The van der Waals surface area contributed by atoms with E-state index < -0.39 is 0 Å². The molecular formula is C26H36ClNO4. The van der Waals surface area contributed by atoms with Gasteiger partial charge >= 0.3 is 5.97 Å². The maximum Gasteiger partial charge on any atom is 0.308 e. The highest BCUT2D eigenvalue weighted by molar-refractivity contribution is 5.85. The largest absolute Gasteiger partial charge is 0.497 e. The van der Waals surface area contributed by atoms with E-state index in [1.807, 2.05) is 38.1 Å². The van der Waals surface area contributed by atoms with Gasteiger partial charge < -0.3 is 14.2 Å². The fourth-order valence-corrected chi connectivity index (χ4v) is 4.02. The van der Waals surface area contributed by atoms with Gasteiger partial charge in [-0.05, 0) is 55.6 Å². The molecule has 1 aliphatic rings. The molecule has 2 aromatic carbocycles. The Balaban J connectivity index is 0.00000363. The number of esters is 1. The van der Waals surface area contributed by atoms with E-state index in [-0.39, 0.29) is 30.4 Å². The molecule has 1 heterocycles. The molecule has 1 aliphatic heterocycles. The van der Waals surface area contributed by atoms with E-state index in [1.165, 1.54) is 11.1 Å². The zero-order valence-electron chi connectivity index (χ0n) is 19.6. The van der Waals surface area contributed by atoms with Crippen molar-refractivity contribution in [3.8, 4) is 11.5 Å². The van der Waals surface area contributed by atoms with Crippen molar-refractivity contribution >= 4 is 18.4 Å². The van der Waals surface area contributed by atoms with E-state index >= 15 is 0 Å². The summed E-state index contributed by atoms with van der Waals surface area (Å²) >= 11 is 0. The van der Waals surface area contributed by atoms with Crippen molar-refractivity contribution in [1.29, 1.82) is 0 Å². The van der Waals surface area contributed by atoms with Crippen LogP contribution in [0, 0.1) is 5.92 Å². The van der Waals surface area contributed by atoms with Crippen LogP contribution in [0.2, 0.25) is 0 Å². The Morgan fingerprint density at radius 2 is 1.91 bits per heavy atom. The number of nitrogens with zero attached hydrogens (tertiary/aromatic N) is 1. The molecule has 0 aliphatic carbocycles. The SMILES string of the molecule is COc1cccc(CCc2ccccc2OCC[C@@H]2C[C@@H](OC(=O)C(C)C)CN2C)c1.Cl. The van der Waals surface area contributed by atoms with Gasteiger partial charge in [0.2, 0.25) is 0 Å². The highest BCUT2D eigenvalue weighted by Crippen LogP contribution is 2.25. The number of para-hydroxylation sites is 1. The Morgan fingerprint density at radius 1 is 1.12 bits per heavy atom. The van der Waals surface area contributed by atoms with Crippen LogP contribution in [0.15, 0.2) is 48.5 Å². The lowest BCUT2D eigenvalue weighted by Gasteiger charge is -2.19. The Hall–Kier alpha value is -2.24. The van der Waals surface area contributed by atoms with Gasteiger partial charge in [-0.2, -0.15) is 0 Å². The minimum absolute atomic E-state index is 0. The number of benzene rings is 2. The Labute approximate surface area is 198 Å². The summed E-state index contributed by atoms with van der Waals surface area (Å²) in [7, 11) is 3.79. The summed E-state index contributed by atoms with van der Waals surface area (Å²) in [4.78, 5) is 14.2. The molecule has 0 bridgehead atoms. The van der Waals surface area contributed by atoms with Crippen LogP contribution in [0.4, 0.5) is 0 Å². The minimum atomic E-state index is -0.111. The number of methoxy groups -OCH3 is 1. The first kappa shape index (κ1) is 26.0. The molecule has 176 valence electrons. The standard InChI is InChI=1S/C26H35NO4.ClH/c1-19(2)26(28)31-24-17-22(27(3)18-24)14-15-30-25-11-6-5-9-21(25)13-12-20-8-7-10-23(16-20)29-4;/h5-11,16,19,22,24H,12-15,17-18H2,1-4H3;1H/t22-,24-;/m1./s1. The minimum Gasteiger partial charge on any atom is -0.497 e. The second-order valence-electron chi connectivity index (χ2n) is 8.64. The van der Waals surface area contributed by atoms with Crippen molar-refractivity contribution in [1.82, 2.24) is 4.90 Å². The number of hydrogen-bond donors (Lipinski definition) is 0. The lowest BCUT2D eigenvalue weighted by Crippen LogP contribution is -2.27. The fourth-order valence-electron chi connectivity index (χ4n) is 4.02. The highest BCUT2D eigenvalue weighted by Gasteiger charge is 2.32. The number of carbonyl (C=O) groups excluding carboxylic acids is 1. The van der Waals surface area contributed by atoms with Gasteiger partial charge in [0.1, 0.15) is 17.6 Å². The van der Waals surface area contributed by atoms with Gasteiger partial charge in [-0.15, -0.1) is 12.4 Å². The number of halogens is 1. The van der Waals surface area contributed by atoms with Crippen LogP contribution in [0.5, 0.6) is 11.5 Å². The summed E-state index contributed by atoms with van der Waals surface area (Å²) < 4.78 is 17.1. The van der Waals surface area contributed by atoms with Gasteiger partial charge in [0.25, 0.3) is 0 Å². The zero-order valence-corrected chi connectivity index (χ0v) is 20.4. The van der Waals surface area contributed by atoms with Gasteiger partial charge in [-0.1, -0.05) is 44.2 Å². The van der Waals surface area contributed by atoms with Crippen molar-refractivity contribution in [2.75, 3.05) is 27.3 Å². The smallest absolute Gasteiger partial charge is 0.308 e. The van der Waals surface area contributed by atoms with E-state index in [0.717, 1.165) is 43.7 Å². The summed E-state index contributed by atoms with van der Waals surface area (Å²) in [5.74, 6) is 1.65. The molecule has 0 amide bonds. The number of likely N-dealkylation sites (N-methyl/N-ethyl adjacent to an activating group) is 1. The molecule has 0 aromatic heterocycles. The Bertz CT molecular complexity index is 857. The second-order valence-corrected chi connectivity index (χ2v) is 8.64. The first-order valence-electron chi connectivity index (χ1n) is 11.2. The van der Waals surface area contributed by atoms with Gasteiger partial charge in [-0.25, -0.2) is 0 Å². The number of hydrogen-bond acceptors (Lipinski definition) is 5. The quantitative estimate of drug-likeness (QED) is 0.469. The van der Waals surface area contributed by atoms with Crippen molar-refractivity contribution in [2.24, 2.45) is 5.92 Å². The number of rotatable bonds is 10. The lowest BCUT2D eigenvalue weighted by molar-refractivity contribution is -0.152. The lowest BCUT2D eigenvalue weighted by atomic mass is 10.0. The number of likely N-dealkylation sites (tertiary alicyclic amines) is 1. The zero-order chi connectivity index (χ0) is 22.2. The maximum absolute atomic E-state index is 11.9. The van der Waals surface area contributed by atoms with E-state index in [9.17, 15) is 4.79 Å². The molecule has 0 unspecified atom stereocenters. The molecule has 1 fully saturated rings. The van der Waals surface area contributed by atoms with E-state index in [2.05, 4.69) is 36.2 Å². The molecule has 3 rings (SSSR count). The molecule has 2 atom stereocenters. The van der Waals surface area contributed by atoms with Crippen molar-refractivity contribution in [2.45, 2.75) is 51.7 Å². The molecule has 0 N–H and O–H groups in total. The summed E-state index contributed by atoms with van der Waals surface area (Å²) in [6, 6.07) is 16.8. The van der Waals surface area contributed by atoms with Crippen LogP contribution >= 0.6 is 12.4 Å².